The van der Waals surface area contributed by atoms with Gasteiger partial charge in [-0.3, -0.25) is 9.59 Å². The number of carbonyl (C=O) groups is 2. The molecular weight excluding hydrogens is 318 g/mol. The van der Waals surface area contributed by atoms with Crippen molar-refractivity contribution in [1.82, 2.24) is 9.80 Å². The molecule has 0 N–H and O–H groups in total. The Bertz CT molecular complexity index is 617. The summed E-state index contributed by atoms with van der Waals surface area (Å²) in [7, 11) is 1.66. The second kappa shape index (κ2) is 7.76. The molecule has 2 fully saturated rings. The molecule has 0 bridgehead atoms. The highest BCUT2D eigenvalue weighted by atomic mass is 16.5. The van der Waals surface area contributed by atoms with E-state index in [2.05, 4.69) is 17.0 Å². The lowest BCUT2D eigenvalue weighted by Crippen LogP contribution is -2.48. The van der Waals surface area contributed by atoms with Gasteiger partial charge in [-0.25, -0.2) is 0 Å². The first-order valence-corrected chi connectivity index (χ1v) is 9.05. The standard InChI is InChI=1S/C19H27N3O3/c1-15(23)22-12-3-5-18(22)19(24)21-11-4-10-20(13-14-21)16-6-8-17(25-2)9-7-16/h6-9,18H,3-5,10-14H2,1-2H3/t18-/m1/s1. The van der Waals surface area contributed by atoms with Gasteiger partial charge in [0.15, 0.2) is 0 Å². The van der Waals surface area contributed by atoms with E-state index in [-0.39, 0.29) is 17.9 Å². The molecule has 6 nitrogen and oxygen atoms in total. The lowest BCUT2D eigenvalue weighted by atomic mass is 10.2. The number of anilines is 1. The van der Waals surface area contributed by atoms with Gasteiger partial charge in [-0.15, -0.1) is 0 Å². The van der Waals surface area contributed by atoms with Gasteiger partial charge in [0.2, 0.25) is 11.8 Å². The summed E-state index contributed by atoms with van der Waals surface area (Å²) in [5.74, 6) is 0.968. The van der Waals surface area contributed by atoms with Crippen molar-refractivity contribution in [3.8, 4) is 5.75 Å². The first kappa shape index (κ1) is 17.6. The summed E-state index contributed by atoms with van der Waals surface area (Å²) >= 11 is 0. The van der Waals surface area contributed by atoms with E-state index in [0.29, 0.717) is 13.1 Å². The summed E-state index contributed by atoms with van der Waals surface area (Å²) in [4.78, 5) is 30.6. The zero-order chi connectivity index (χ0) is 17.8. The zero-order valence-electron chi connectivity index (χ0n) is 15.1. The molecule has 0 saturated carbocycles. The minimum absolute atomic E-state index is 0.00512. The van der Waals surface area contributed by atoms with Gasteiger partial charge < -0.3 is 19.4 Å². The quantitative estimate of drug-likeness (QED) is 0.837. The van der Waals surface area contributed by atoms with Crippen LogP contribution >= 0.6 is 0 Å². The monoisotopic (exact) mass is 345 g/mol. The molecule has 0 spiro atoms. The van der Waals surface area contributed by atoms with Crippen molar-refractivity contribution < 1.29 is 14.3 Å². The average Bonchev–Trinajstić information content (AvgIpc) is 3.00. The maximum absolute atomic E-state index is 12.9. The third kappa shape index (κ3) is 3.89. The number of nitrogens with zero attached hydrogens (tertiary/aromatic N) is 3. The Hall–Kier alpha value is -2.24. The number of hydrogen-bond donors (Lipinski definition) is 0. The molecule has 2 amide bonds. The van der Waals surface area contributed by atoms with Crippen LogP contribution in [0, 0.1) is 0 Å². The maximum atomic E-state index is 12.9. The first-order valence-electron chi connectivity index (χ1n) is 9.05. The Balaban J connectivity index is 1.62. The van der Waals surface area contributed by atoms with Crippen molar-refractivity contribution in [1.29, 1.82) is 0 Å². The Labute approximate surface area is 149 Å². The lowest BCUT2D eigenvalue weighted by molar-refractivity contribution is -0.142. The zero-order valence-corrected chi connectivity index (χ0v) is 15.1. The fourth-order valence-electron chi connectivity index (χ4n) is 3.80. The third-order valence-corrected chi connectivity index (χ3v) is 5.19. The minimum Gasteiger partial charge on any atom is -0.497 e. The summed E-state index contributed by atoms with van der Waals surface area (Å²) in [6.45, 7) is 5.46. The molecule has 6 heteroatoms. The van der Waals surface area contributed by atoms with Crippen LogP contribution in [0.3, 0.4) is 0 Å². The molecule has 2 aliphatic heterocycles. The van der Waals surface area contributed by atoms with E-state index in [1.807, 2.05) is 17.0 Å². The fraction of sp³-hybridized carbons (Fsp3) is 0.579. The van der Waals surface area contributed by atoms with Crippen LogP contribution in [0.1, 0.15) is 26.2 Å². The van der Waals surface area contributed by atoms with Gasteiger partial charge in [-0.2, -0.15) is 0 Å². The highest BCUT2D eigenvalue weighted by Gasteiger charge is 2.35. The summed E-state index contributed by atoms with van der Waals surface area (Å²) < 4.78 is 5.21. The molecule has 0 unspecified atom stereocenters. The van der Waals surface area contributed by atoms with Crippen molar-refractivity contribution in [3.63, 3.8) is 0 Å². The topological polar surface area (TPSA) is 53.1 Å². The molecule has 1 atom stereocenters. The van der Waals surface area contributed by atoms with Crippen LogP contribution in [-0.2, 0) is 9.59 Å². The SMILES string of the molecule is COc1ccc(N2CCCN(C(=O)[C@H]3CCCN3C(C)=O)CC2)cc1. The van der Waals surface area contributed by atoms with Crippen molar-refractivity contribution in [3.05, 3.63) is 24.3 Å². The molecule has 0 aliphatic carbocycles. The molecule has 136 valence electrons. The number of rotatable bonds is 3. The Morgan fingerprint density at radius 3 is 2.44 bits per heavy atom. The van der Waals surface area contributed by atoms with Gasteiger partial charge >= 0.3 is 0 Å². The van der Waals surface area contributed by atoms with Crippen LogP contribution in [0.4, 0.5) is 5.69 Å². The molecule has 1 aromatic carbocycles. The van der Waals surface area contributed by atoms with Crippen LogP contribution < -0.4 is 9.64 Å². The summed E-state index contributed by atoms with van der Waals surface area (Å²) in [6, 6.07) is 7.79. The number of likely N-dealkylation sites (tertiary alicyclic amines) is 1. The van der Waals surface area contributed by atoms with Crippen molar-refractivity contribution in [2.45, 2.75) is 32.2 Å². The lowest BCUT2D eigenvalue weighted by Gasteiger charge is -2.29. The van der Waals surface area contributed by atoms with Gasteiger partial charge in [0.25, 0.3) is 0 Å². The molecule has 3 rings (SSSR count). The average molecular weight is 345 g/mol. The Morgan fingerprint density at radius 2 is 1.76 bits per heavy atom. The predicted octanol–water partition coefficient (Wildman–Crippen LogP) is 1.74. The molecular formula is C19H27N3O3. The van der Waals surface area contributed by atoms with E-state index in [0.717, 1.165) is 50.3 Å². The van der Waals surface area contributed by atoms with E-state index < -0.39 is 0 Å². The van der Waals surface area contributed by atoms with Crippen molar-refractivity contribution in [2.24, 2.45) is 0 Å². The number of methoxy groups -OCH3 is 1. The van der Waals surface area contributed by atoms with Gasteiger partial charge in [0.05, 0.1) is 7.11 Å². The second-order valence-corrected chi connectivity index (χ2v) is 6.73. The molecule has 2 aliphatic rings. The highest BCUT2D eigenvalue weighted by molar-refractivity contribution is 5.87. The second-order valence-electron chi connectivity index (χ2n) is 6.73. The Kier molecular flexibility index (Phi) is 5.46. The molecule has 2 saturated heterocycles. The molecule has 0 radical (unpaired) electrons. The van der Waals surface area contributed by atoms with E-state index in [1.165, 1.54) is 0 Å². The van der Waals surface area contributed by atoms with E-state index in [4.69, 9.17) is 4.74 Å². The van der Waals surface area contributed by atoms with Gasteiger partial charge in [0, 0.05) is 45.3 Å². The number of benzene rings is 1. The number of carbonyl (C=O) groups excluding carboxylic acids is 2. The van der Waals surface area contributed by atoms with E-state index >= 15 is 0 Å². The minimum atomic E-state index is -0.259. The van der Waals surface area contributed by atoms with E-state index in [9.17, 15) is 9.59 Å². The fourth-order valence-corrected chi connectivity index (χ4v) is 3.80. The van der Waals surface area contributed by atoms with E-state index in [1.54, 1.807) is 18.9 Å². The van der Waals surface area contributed by atoms with Crippen LogP contribution in [0.2, 0.25) is 0 Å². The normalized spacial score (nSPS) is 21.2. The summed E-state index contributed by atoms with van der Waals surface area (Å²) in [6.07, 6.45) is 2.64. The third-order valence-electron chi connectivity index (χ3n) is 5.19. The molecule has 2 heterocycles. The van der Waals surface area contributed by atoms with Gasteiger partial charge in [0.1, 0.15) is 11.8 Å². The largest absolute Gasteiger partial charge is 0.497 e. The van der Waals surface area contributed by atoms with Crippen molar-refractivity contribution >= 4 is 17.5 Å². The number of amides is 2. The van der Waals surface area contributed by atoms with Crippen LogP contribution in [0.5, 0.6) is 5.75 Å². The van der Waals surface area contributed by atoms with Gasteiger partial charge in [-0.05, 0) is 43.5 Å². The molecule has 0 aromatic heterocycles. The van der Waals surface area contributed by atoms with Crippen LogP contribution in [0.25, 0.3) is 0 Å². The Morgan fingerprint density at radius 1 is 1.00 bits per heavy atom. The smallest absolute Gasteiger partial charge is 0.245 e. The molecule has 25 heavy (non-hydrogen) atoms. The van der Waals surface area contributed by atoms with Crippen LogP contribution in [0.15, 0.2) is 24.3 Å². The van der Waals surface area contributed by atoms with Crippen LogP contribution in [-0.4, -0.2) is 67.5 Å². The maximum Gasteiger partial charge on any atom is 0.245 e. The summed E-state index contributed by atoms with van der Waals surface area (Å²) in [5, 5.41) is 0. The molecule has 1 aromatic rings. The van der Waals surface area contributed by atoms with Crippen molar-refractivity contribution in [2.75, 3.05) is 44.7 Å². The number of ether oxygens (including phenoxy) is 1. The highest BCUT2D eigenvalue weighted by Crippen LogP contribution is 2.23. The van der Waals surface area contributed by atoms with Gasteiger partial charge in [-0.1, -0.05) is 0 Å². The summed E-state index contributed by atoms with van der Waals surface area (Å²) in [5.41, 5.74) is 1.15. The number of hydrogen-bond acceptors (Lipinski definition) is 4. The predicted molar refractivity (Wildman–Crippen MR) is 96.8 cm³/mol. The first-order chi connectivity index (χ1) is 12.1.